The number of imidazole rings is 1. The minimum absolute atomic E-state index is 0. The fourth-order valence-corrected chi connectivity index (χ4v) is 1.70. The average Bonchev–Trinajstić information content (AvgIpc) is 2.90. The van der Waals surface area contributed by atoms with Crippen molar-refractivity contribution in [2.75, 3.05) is 0 Å². The van der Waals surface area contributed by atoms with Gasteiger partial charge in [-0.2, -0.15) is 0 Å². The van der Waals surface area contributed by atoms with E-state index in [0.717, 1.165) is 12.1 Å². The van der Waals surface area contributed by atoms with Gasteiger partial charge in [0.1, 0.15) is 0 Å². The lowest BCUT2D eigenvalue weighted by atomic mass is 10.1. The highest BCUT2D eigenvalue weighted by Crippen LogP contribution is 2.06. The minimum Gasteiger partial charge on any atom is -0.351 e. The van der Waals surface area contributed by atoms with Gasteiger partial charge in [0.15, 0.2) is 0 Å². The molecule has 0 unspecified atom stereocenters. The Balaban J connectivity index is 0.00000200. The first-order chi connectivity index (χ1) is 9.15. The maximum absolute atomic E-state index is 11.3. The largest absolute Gasteiger partial charge is 0.351 e. The van der Waals surface area contributed by atoms with Gasteiger partial charge in [-0.3, -0.25) is 4.79 Å². The first-order valence-corrected chi connectivity index (χ1v) is 6.22. The zero-order valence-corrected chi connectivity index (χ0v) is 13.4. The van der Waals surface area contributed by atoms with E-state index in [1.807, 2.05) is 35.0 Å². The van der Waals surface area contributed by atoms with Crippen molar-refractivity contribution in [1.29, 1.82) is 0 Å². The van der Waals surface area contributed by atoms with Crippen LogP contribution in [0.5, 0.6) is 0 Å². The number of benzene rings is 1. The van der Waals surface area contributed by atoms with Crippen molar-refractivity contribution < 1.29 is 4.79 Å². The molecular formula is C14H20Cl2N4O. The SMILES string of the molecule is C[C@@H](N)C(=O)NCc1ccc(Cn2ccnc2)cc1.Cl.Cl. The molecule has 0 saturated heterocycles. The molecule has 0 aliphatic heterocycles. The van der Waals surface area contributed by atoms with Gasteiger partial charge >= 0.3 is 0 Å². The summed E-state index contributed by atoms with van der Waals surface area (Å²) in [5.74, 6) is -0.137. The minimum atomic E-state index is -0.472. The van der Waals surface area contributed by atoms with Crippen LogP contribution in [-0.4, -0.2) is 21.5 Å². The van der Waals surface area contributed by atoms with E-state index in [2.05, 4.69) is 10.3 Å². The number of rotatable bonds is 5. The lowest BCUT2D eigenvalue weighted by Gasteiger charge is -2.08. The summed E-state index contributed by atoms with van der Waals surface area (Å²) < 4.78 is 2.01. The number of hydrogen-bond donors (Lipinski definition) is 2. The van der Waals surface area contributed by atoms with Gasteiger partial charge in [-0.25, -0.2) is 4.98 Å². The van der Waals surface area contributed by atoms with Gasteiger partial charge in [-0.15, -0.1) is 24.8 Å². The molecule has 1 aromatic heterocycles. The summed E-state index contributed by atoms with van der Waals surface area (Å²) in [6.45, 7) is 2.97. The molecule has 5 nitrogen and oxygen atoms in total. The van der Waals surface area contributed by atoms with Gasteiger partial charge in [0.25, 0.3) is 0 Å². The number of halogens is 2. The van der Waals surface area contributed by atoms with Crippen molar-refractivity contribution in [2.24, 2.45) is 5.73 Å². The van der Waals surface area contributed by atoms with E-state index in [4.69, 9.17) is 5.73 Å². The van der Waals surface area contributed by atoms with Gasteiger partial charge in [-0.1, -0.05) is 24.3 Å². The second-order valence-electron chi connectivity index (χ2n) is 4.56. The molecule has 0 aliphatic carbocycles. The van der Waals surface area contributed by atoms with Crippen molar-refractivity contribution in [2.45, 2.75) is 26.1 Å². The highest BCUT2D eigenvalue weighted by atomic mass is 35.5. The Hall–Kier alpha value is -1.56. The van der Waals surface area contributed by atoms with Crippen LogP contribution >= 0.6 is 24.8 Å². The normalized spacial score (nSPS) is 11.0. The molecule has 0 spiro atoms. The third-order valence-electron chi connectivity index (χ3n) is 2.83. The van der Waals surface area contributed by atoms with Crippen LogP contribution in [0.15, 0.2) is 43.0 Å². The number of aromatic nitrogens is 2. The van der Waals surface area contributed by atoms with E-state index in [1.165, 1.54) is 5.56 Å². The fraction of sp³-hybridized carbons (Fsp3) is 0.286. The van der Waals surface area contributed by atoms with Crippen molar-refractivity contribution in [3.05, 3.63) is 54.1 Å². The first-order valence-electron chi connectivity index (χ1n) is 6.22. The average molecular weight is 331 g/mol. The van der Waals surface area contributed by atoms with E-state index in [0.29, 0.717) is 6.54 Å². The molecule has 1 amide bonds. The second kappa shape index (κ2) is 9.39. The van der Waals surface area contributed by atoms with Crippen LogP contribution < -0.4 is 11.1 Å². The summed E-state index contributed by atoms with van der Waals surface area (Å²) in [4.78, 5) is 15.4. The maximum atomic E-state index is 11.3. The van der Waals surface area contributed by atoms with Gasteiger partial charge in [0, 0.05) is 25.5 Å². The van der Waals surface area contributed by atoms with E-state index in [1.54, 1.807) is 19.4 Å². The van der Waals surface area contributed by atoms with E-state index >= 15 is 0 Å². The molecule has 1 atom stereocenters. The number of hydrogen-bond acceptors (Lipinski definition) is 3. The molecular weight excluding hydrogens is 311 g/mol. The summed E-state index contributed by atoms with van der Waals surface area (Å²) in [5, 5.41) is 2.78. The number of nitrogens with zero attached hydrogens (tertiary/aromatic N) is 2. The Morgan fingerprint density at radius 1 is 1.29 bits per heavy atom. The van der Waals surface area contributed by atoms with Crippen molar-refractivity contribution in [3.8, 4) is 0 Å². The maximum Gasteiger partial charge on any atom is 0.236 e. The molecule has 2 aromatic rings. The highest BCUT2D eigenvalue weighted by Gasteiger charge is 2.05. The van der Waals surface area contributed by atoms with Gasteiger partial charge in [0.2, 0.25) is 5.91 Å². The topological polar surface area (TPSA) is 72.9 Å². The smallest absolute Gasteiger partial charge is 0.236 e. The molecule has 0 saturated carbocycles. The molecule has 1 heterocycles. The molecule has 21 heavy (non-hydrogen) atoms. The van der Waals surface area contributed by atoms with Crippen LogP contribution in [0.25, 0.3) is 0 Å². The highest BCUT2D eigenvalue weighted by molar-refractivity contribution is 5.85. The number of amides is 1. The van der Waals surface area contributed by atoms with Crippen molar-refractivity contribution in [3.63, 3.8) is 0 Å². The van der Waals surface area contributed by atoms with Gasteiger partial charge < -0.3 is 15.6 Å². The quantitative estimate of drug-likeness (QED) is 0.876. The Labute approximate surface area is 136 Å². The number of carbonyl (C=O) groups excluding carboxylic acids is 1. The van der Waals surface area contributed by atoms with Crippen LogP contribution in [-0.2, 0) is 17.9 Å². The molecule has 0 bridgehead atoms. The predicted molar refractivity (Wildman–Crippen MR) is 87.8 cm³/mol. The Kier molecular flexibility index (Phi) is 8.69. The Morgan fingerprint density at radius 2 is 1.90 bits per heavy atom. The summed E-state index contributed by atoms with van der Waals surface area (Å²) >= 11 is 0. The van der Waals surface area contributed by atoms with Crippen LogP contribution in [0.1, 0.15) is 18.1 Å². The fourth-order valence-electron chi connectivity index (χ4n) is 1.70. The van der Waals surface area contributed by atoms with Gasteiger partial charge in [-0.05, 0) is 18.1 Å². The predicted octanol–water partition coefficient (Wildman–Crippen LogP) is 1.74. The third kappa shape index (κ3) is 6.16. The summed E-state index contributed by atoms with van der Waals surface area (Å²) in [5.41, 5.74) is 7.73. The monoisotopic (exact) mass is 330 g/mol. The number of nitrogens with two attached hydrogens (primary N) is 1. The van der Waals surface area contributed by atoms with Crippen molar-refractivity contribution >= 4 is 30.7 Å². The zero-order chi connectivity index (χ0) is 13.7. The molecule has 7 heteroatoms. The standard InChI is InChI=1S/C14H18N4O.2ClH/c1-11(15)14(19)17-8-12-2-4-13(5-3-12)9-18-7-6-16-10-18;;/h2-7,10-11H,8-9,15H2,1H3,(H,17,19);2*1H/t11-;;/m1../s1. The van der Waals surface area contributed by atoms with E-state index in [-0.39, 0.29) is 30.7 Å². The molecule has 2 rings (SSSR count). The lowest BCUT2D eigenvalue weighted by Crippen LogP contribution is -2.37. The Bertz CT molecular complexity index is 526. The van der Waals surface area contributed by atoms with E-state index < -0.39 is 6.04 Å². The summed E-state index contributed by atoms with van der Waals surface area (Å²) in [6, 6.07) is 7.64. The first kappa shape index (κ1) is 19.4. The number of nitrogens with one attached hydrogen (secondary N) is 1. The molecule has 0 radical (unpaired) electrons. The molecule has 3 N–H and O–H groups in total. The van der Waals surface area contributed by atoms with Crippen LogP contribution in [0, 0.1) is 0 Å². The molecule has 0 aliphatic rings. The van der Waals surface area contributed by atoms with Crippen LogP contribution in [0.3, 0.4) is 0 Å². The molecule has 116 valence electrons. The summed E-state index contributed by atoms with van der Waals surface area (Å²) in [6.07, 6.45) is 5.48. The molecule has 0 fully saturated rings. The molecule has 1 aromatic carbocycles. The third-order valence-corrected chi connectivity index (χ3v) is 2.83. The Morgan fingerprint density at radius 3 is 2.43 bits per heavy atom. The van der Waals surface area contributed by atoms with Crippen molar-refractivity contribution in [1.82, 2.24) is 14.9 Å². The van der Waals surface area contributed by atoms with Gasteiger partial charge in [0.05, 0.1) is 12.4 Å². The van der Waals surface area contributed by atoms with Crippen LogP contribution in [0.4, 0.5) is 0 Å². The van der Waals surface area contributed by atoms with Crippen LogP contribution in [0.2, 0.25) is 0 Å². The summed E-state index contributed by atoms with van der Waals surface area (Å²) in [7, 11) is 0. The lowest BCUT2D eigenvalue weighted by molar-refractivity contribution is -0.122. The van der Waals surface area contributed by atoms with E-state index in [9.17, 15) is 4.79 Å². The zero-order valence-electron chi connectivity index (χ0n) is 11.7. The second-order valence-corrected chi connectivity index (χ2v) is 4.56. The number of carbonyl (C=O) groups is 1.